The Balaban J connectivity index is 0.00000274. The van der Waals surface area contributed by atoms with Crippen molar-refractivity contribution in [2.24, 2.45) is 5.92 Å². The molecule has 1 fully saturated rings. The third kappa shape index (κ3) is 5.28. The maximum atomic E-state index is 13.2. The maximum Gasteiger partial charge on any atom is 0.303 e. The van der Waals surface area contributed by atoms with Crippen molar-refractivity contribution in [3.05, 3.63) is 56.9 Å². The molecule has 1 saturated heterocycles. The molecule has 5 rings (SSSR count). The average Bonchev–Trinajstić information content (AvgIpc) is 3.36. The van der Waals surface area contributed by atoms with Gasteiger partial charge in [-0.05, 0) is 62.0 Å². The van der Waals surface area contributed by atoms with E-state index in [2.05, 4.69) is 39.8 Å². The summed E-state index contributed by atoms with van der Waals surface area (Å²) in [5.74, 6) is -0.338. The number of hydrogen-bond donors (Lipinski definition) is 1. The molecule has 1 aromatic carbocycles. The van der Waals surface area contributed by atoms with Gasteiger partial charge in [0.1, 0.15) is 0 Å². The first-order chi connectivity index (χ1) is 16.0. The van der Waals surface area contributed by atoms with Crippen LogP contribution in [0.2, 0.25) is 4.34 Å². The van der Waals surface area contributed by atoms with Crippen LogP contribution in [0.3, 0.4) is 0 Å². The van der Waals surface area contributed by atoms with E-state index in [1.807, 2.05) is 11.0 Å². The molecule has 2 aliphatic heterocycles. The lowest BCUT2D eigenvalue weighted by atomic mass is 9.93. The molecule has 34 heavy (non-hydrogen) atoms. The number of aromatic nitrogens is 1. The van der Waals surface area contributed by atoms with E-state index < -0.39 is 5.97 Å². The van der Waals surface area contributed by atoms with E-state index in [-0.39, 0.29) is 30.7 Å². The zero-order chi connectivity index (χ0) is 22.9. The second kappa shape index (κ2) is 10.7. The highest BCUT2D eigenvalue weighted by Crippen LogP contribution is 2.33. The molecule has 0 bridgehead atoms. The van der Waals surface area contributed by atoms with Crippen LogP contribution in [0.25, 0.3) is 10.9 Å². The Kier molecular flexibility index (Phi) is 7.87. The summed E-state index contributed by atoms with van der Waals surface area (Å²) in [7, 11) is 0. The third-order valence-electron chi connectivity index (χ3n) is 6.99. The van der Waals surface area contributed by atoms with Crippen molar-refractivity contribution in [2.45, 2.75) is 38.8 Å². The molecule has 2 aliphatic rings. The van der Waals surface area contributed by atoms with Gasteiger partial charge in [0.2, 0.25) is 5.91 Å². The monoisotopic (exact) mass is 521 g/mol. The van der Waals surface area contributed by atoms with Crippen LogP contribution in [0.1, 0.15) is 35.4 Å². The number of aliphatic carboxylic acids is 1. The Morgan fingerprint density at radius 2 is 1.85 bits per heavy atom. The summed E-state index contributed by atoms with van der Waals surface area (Å²) in [6.07, 6.45) is 2.79. The zero-order valence-corrected chi connectivity index (χ0v) is 21.3. The van der Waals surface area contributed by atoms with Gasteiger partial charge in [0, 0.05) is 34.4 Å². The molecule has 4 heterocycles. The molecule has 0 atom stereocenters. The number of halogens is 2. The molecule has 0 spiro atoms. The number of carboxylic acids is 1. The molecule has 0 radical (unpaired) electrons. The number of thiophene rings is 1. The van der Waals surface area contributed by atoms with E-state index in [0.717, 1.165) is 49.8 Å². The molecule has 0 saturated carbocycles. The predicted molar refractivity (Wildman–Crippen MR) is 138 cm³/mol. The number of nitrogens with zero attached hydrogens (tertiary/aromatic N) is 3. The number of piperidine rings is 1. The first-order valence-electron chi connectivity index (χ1n) is 11.5. The maximum absolute atomic E-state index is 13.2. The first-order valence-corrected chi connectivity index (χ1v) is 12.7. The van der Waals surface area contributed by atoms with Crippen molar-refractivity contribution in [1.82, 2.24) is 14.4 Å². The van der Waals surface area contributed by atoms with Gasteiger partial charge in [0.15, 0.2) is 0 Å². The van der Waals surface area contributed by atoms with Crippen molar-refractivity contribution in [1.29, 1.82) is 0 Å². The van der Waals surface area contributed by atoms with Gasteiger partial charge in [-0.15, -0.1) is 23.7 Å². The second-order valence-electron chi connectivity index (χ2n) is 9.12. The number of para-hydroxylation sites is 1. The van der Waals surface area contributed by atoms with Gasteiger partial charge in [-0.1, -0.05) is 29.8 Å². The molecule has 182 valence electrons. The molecule has 6 nitrogen and oxygen atoms in total. The van der Waals surface area contributed by atoms with E-state index in [4.69, 9.17) is 16.7 Å². The van der Waals surface area contributed by atoms with Crippen LogP contribution in [-0.2, 0) is 29.1 Å². The Labute approximate surface area is 214 Å². The van der Waals surface area contributed by atoms with Crippen molar-refractivity contribution in [3.8, 4) is 0 Å². The smallest absolute Gasteiger partial charge is 0.303 e. The molecule has 1 amide bonds. The predicted octanol–water partition coefficient (Wildman–Crippen LogP) is 4.90. The second-order valence-corrected chi connectivity index (χ2v) is 10.9. The number of amides is 1. The number of benzene rings is 1. The SMILES string of the molecule is Cl.O=C(O)CC1CCN(CC(=O)N2CCc3c(n(Cc4ccc(Cl)s4)c4ccccc34)C2)CC1. The first kappa shape index (κ1) is 25.0. The Hall–Kier alpha value is -2.06. The Morgan fingerprint density at radius 3 is 2.56 bits per heavy atom. The fourth-order valence-electron chi connectivity index (χ4n) is 5.27. The summed E-state index contributed by atoms with van der Waals surface area (Å²) in [6, 6.07) is 12.5. The van der Waals surface area contributed by atoms with Crippen molar-refractivity contribution < 1.29 is 14.7 Å². The molecular formula is C25H29Cl2N3O3S. The fourth-order valence-corrected chi connectivity index (χ4v) is 6.34. The van der Waals surface area contributed by atoms with Crippen LogP contribution < -0.4 is 0 Å². The minimum absolute atomic E-state index is 0. The van der Waals surface area contributed by atoms with Crippen LogP contribution in [0.4, 0.5) is 0 Å². The van der Waals surface area contributed by atoms with E-state index in [0.29, 0.717) is 13.1 Å². The summed E-state index contributed by atoms with van der Waals surface area (Å²) in [5, 5.41) is 10.3. The summed E-state index contributed by atoms with van der Waals surface area (Å²) >= 11 is 7.78. The largest absolute Gasteiger partial charge is 0.481 e. The normalized spacial score (nSPS) is 16.9. The van der Waals surface area contributed by atoms with Crippen LogP contribution >= 0.6 is 35.3 Å². The molecule has 3 aromatic rings. The van der Waals surface area contributed by atoms with Gasteiger partial charge in [0.25, 0.3) is 0 Å². The summed E-state index contributed by atoms with van der Waals surface area (Å²) in [6.45, 7) is 4.12. The molecular weight excluding hydrogens is 493 g/mol. The number of carbonyl (C=O) groups is 2. The highest BCUT2D eigenvalue weighted by atomic mass is 35.5. The lowest BCUT2D eigenvalue weighted by molar-refractivity contribution is -0.139. The van der Waals surface area contributed by atoms with Crippen molar-refractivity contribution >= 4 is 58.1 Å². The van der Waals surface area contributed by atoms with Gasteiger partial charge in [-0.2, -0.15) is 0 Å². The van der Waals surface area contributed by atoms with Crippen LogP contribution in [0.15, 0.2) is 36.4 Å². The van der Waals surface area contributed by atoms with E-state index >= 15 is 0 Å². The lowest BCUT2D eigenvalue weighted by Crippen LogP contribution is -2.45. The van der Waals surface area contributed by atoms with Gasteiger partial charge >= 0.3 is 5.97 Å². The minimum atomic E-state index is -0.728. The fraction of sp³-hybridized carbons (Fsp3) is 0.440. The molecule has 1 N–H and O–H groups in total. The average molecular weight is 522 g/mol. The van der Waals surface area contributed by atoms with Gasteiger partial charge < -0.3 is 14.6 Å². The number of rotatable bonds is 6. The van der Waals surface area contributed by atoms with Crippen molar-refractivity contribution in [3.63, 3.8) is 0 Å². The van der Waals surface area contributed by atoms with Crippen molar-refractivity contribution in [2.75, 3.05) is 26.2 Å². The topological polar surface area (TPSA) is 65.8 Å². The number of carboxylic acid groups (broad SMARTS) is 1. The molecule has 0 aliphatic carbocycles. The Bertz CT molecular complexity index is 1180. The van der Waals surface area contributed by atoms with Crippen LogP contribution in [0.5, 0.6) is 0 Å². The highest BCUT2D eigenvalue weighted by Gasteiger charge is 2.29. The summed E-state index contributed by atoms with van der Waals surface area (Å²) < 4.78 is 3.14. The minimum Gasteiger partial charge on any atom is -0.481 e. The van der Waals surface area contributed by atoms with E-state index in [1.165, 1.54) is 27.0 Å². The quantitative estimate of drug-likeness (QED) is 0.501. The molecule has 9 heteroatoms. The molecule has 0 unspecified atom stereocenters. The third-order valence-corrected chi connectivity index (χ3v) is 8.21. The number of fused-ring (bicyclic) bond motifs is 3. The highest BCUT2D eigenvalue weighted by molar-refractivity contribution is 7.16. The number of hydrogen-bond acceptors (Lipinski definition) is 4. The Morgan fingerprint density at radius 1 is 1.09 bits per heavy atom. The van der Waals surface area contributed by atoms with E-state index in [1.54, 1.807) is 11.3 Å². The van der Waals surface area contributed by atoms with Crippen LogP contribution in [-0.4, -0.2) is 57.5 Å². The number of likely N-dealkylation sites (tertiary alicyclic amines) is 1. The lowest BCUT2D eigenvalue weighted by Gasteiger charge is -2.34. The zero-order valence-electron chi connectivity index (χ0n) is 18.9. The number of carbonyl (C=O) groups excluding carboxylic acids is 1. The van der Waals surface area contributed by atoms with Gasteiger partial charge in [-0.25, -0.2) is 0 Å². The van der Waals surface area contributed by atoms with Crippen LogP contribution in [0, 0.1) is 5.92 Å². The van der Waals surface area contributed by atoms with Gasteiger partial charge in [0.05, 0.1) is 24.0 Å². The summed E-state index contributed by atoms with van der Waals surface area (Å²) in [5.41, 5.74) is 3.79. The summed E-state index contributed by atoms with van der Waals surface area (Å²) in [4.78, 5) is 29.5. The van der Waals surface area contributed by atoms with Gasteiger partial charge in [-0.3, -0.25) is 14.5 Å². The van der Waals surface area contributed by atoms with E-state index in [9.17, 15) is 9.59 Å². The standard InChI is InChI=1S/C25H28ClN3O3S.ClH/c26-23-6-5-18(33-23)14-29-21-4-2-1-3-19(21)20-9-12-28(15-22(20)29)24(30)16-27-10-7-17(8-11-27)13-25(31)32;/h1-6,17H,7-16H2,(H,31,32);1H. The molecule has 2 aromatic heterocycles.